The molecule has 3 heteroatoms. The van der Waals surface area contributed by atoms with Gasteiger partial charge in [-0.3, -0.25) is 4.79 Å². The van der Waals surface area contributed by atoms with E-state index < -0.39 is 0 Å². The van der Waals surface area contributed by atoms with Crippen LogP contribution in [0.15, 0.2) is 0 Å². The van der Waals surface area contributed by atoms with Crippen LogP contribution in [0, 0.1) is 0 Å². The minimum atomic E-state index is -0.00787. The van der Waals surface area contributed by atoms with E-state index in [0.717, 1.165) is 26.1 Å². The fourth-order valence-corrected chi connectivity index (χ4v) is 3.28. The molecule has 0 atom stereocenters. The molecule has 1 aliphatic heterocycles. The van der Waals surface area contributed by atoms with E-state index in [2.05, 4.69) is 11.8 Å². The number of unbranched alkanes of at least 4 members (excludes halogenated alkanes) is 9. The molecular weight excluding hydrogens is 286 g/mol. The first-order valence-corrected chi connectivity index (χ1v) is 10.2. The summed E-state index contributed by atoms with van der Waals surface area (Å²) >= 11 is 0. The maximum atomic E-state index is 11.7. The van der Waals surface area contributed by atoms with Crippen molar-refractivity contribution in [2.75, 3.05) is 26.2 Å². The summed E-state index contributed by atoms with van der Waals surface area (Å²) in [6.07, 6.45) is 17.7. The molecule has 0 bridgehead atoms. The smallest absolute Gasteiger partial charge is 0.307 e. The van der Waals surface area contributed by atoms with Crippen LogP contribution in [0.25, 0.3) is 0 Å². The Hall–Kier alpha value is -0.570. The molecule has 3 nitrogen and oxygen atoms in total. The van der Waals surface area contributed by atoms with Gasteiger partial charge in [0.25, 0.3) is 0 Å². The van der Waals surface area contributed by atoms with E-state index >= 15 is 0 Å². The number of esters is 1. The van der Waals surface area contributed by atoms with E-state index in [-0.39, 0.29) is 5.97 Å². The largest absolute Gasteiger partial charge is 0.466 e. The number of carbonyl (C=O) groups excluding carboxylic acids is 1. The zero-order valence-corrected chi connectivity index (χ0v) is 15.5. The molecule has 1 fully saturated rings. The molecule has 0 saturated carbocycles. The lowest BCUT2D eigenvalue weighted by atomic mass is 10.1. The molecule has 0 amide bonds. The van der Waals surface area contributed by atoms with Gasteiger partial charge in [-0.25, -0.2) is 0 Å². The fourth-order valence-electron chi connectivity index (χ4n) is 3.28. The molecule has 1 heterocycles. The molecule has 23 heavy (non-hydrogen) atoms. The number of likely N-dealkylation sites (tertiary alicyclic amines) is 1. The van der Waals surface area contributed by atoms with Crippen LogP contribution in [-0.4, -0.2) is 37.1 Å². The summed E-state index contributed by atoms with van der Waals surface area (Å²) in [6, 6.07) is 0. The molecule has 1 rings (SSSR count). The second kappa shape index (κ2) is 15.0. The first-order chi connectivity index (χ1) is 11.3. The van der Waals surface area contributed by atoms with E-state index in [4.69, 9.17) is 4.74 Å². The van der Waals surface area contributed by atoms with E-state index in [9.17, 15) is 4.79 Å². The van der Waals surface area contributed by atoms with Crippen LogP contribution in [-0.2, 0) is 9.53 Å². The average molecular weight is 326 g/mol. The maximum Gasteiger partial charge on any atom is 0.307 e. The van der Waals surface area contributed by atoms with Crippen molar-refractivity contribution in [3.63, 3.8) is 0 Å². The Bertz CT molecular complexity index is 275. The number of ether oxygens (including phenoxy) is 1. The molecule has 0 unspecified atom stereocenters. The number of hydrogen-bond acceptors (Lipinski definition) is 3. The quantitative estimate of drug-likeness (QED) is 0.319. The third-order valence-corrected chi connectivity index (χ3v) is 4.84. The monoisotopic (exact) mass is 325 g/mol. The van der Waals surface area contributed by atoms with Crippen LogP contribution < -0.4 is 0 Å². The summed E-state index contributed by atoms with van der Waals surface area (Å²) < 4.78 is 5.34. The average Bonchev–Trinajstić information content (AvgIpc) is 2.59. The molecule has 0 N–H and O–H groups in total. The molecule has 0 radical (unpaired) electrons. The first-order valence-electron chi connectivity index (χ1n) is 10.2. The Morgan fingerprint density at radius 1 is 0.826 bits per heavy atom. The number of nitrogens with zero attached hydrogens (tertiary/aromatic N) is 1. The van der Waals surface area contributed by atoms with Crippen LogP contribution in [0.2, 0.25) is 0 Å². The highest BCUT2D eigenvalue weighted by Crippen LogP contribution is 2.11. The van der Waals surface area contributed by atoms with Crippen molar-refractivity contribution in [3.8, 4) is 0 Å². The topological polar surface area (TPSA) is 29.5 Å². The lowest BCUT2D eigenvalue weighted by molar-refractivity contribution is -0.144. The van der Waals surface area contributed by atoms with Crippen LogP contribution in [0.3, 0.4) is 0 Å². The second-order valence-electron chi connectivity index (χ2n) is 7.05. The third-order valence-electron chi connectivity index (χ3n) is 4.84. The number of hydrogen-bond donors (Lipinski definition) is 0. The first kappa shape index (κ1) is 20.5. The molecule has 0 aromatic carbocycles. The molecule has 0 aromatic rings. The minimum absolute atomic E-state index is 0.00787. The van der Waals surface area contributed by atoms with Crippen molar-refractivity contribution < 1.29 is 9.53 Å². The van der Waals surface area contributed by atoms with Crippen molar-refractivity contribution in [2.45, 2.75) is 96.8 Å². The van der Waals surface area contributed by atoms with Crippen molar-refractivity contribution in [1.29, 1.82) is 0 Å². The summed E-state index contributed by atoms with van der Waals surface area (Å²) in [5.74, 6) is -0.00787. The summed E-state index contributed by atoms with van der Waals surface area (Å²) in [7, 11) is 0. The highest BCUT2D eigenvalue weighted by Gasteiger charge is 2.12. The van der Waals surface area contributed by atoms with Crippen molar-refractivity contribution in [1.82, 2.24) is 4.90 Å². The molecule has 1 saturated heterocycles. The molecular formula is C20H39NO2. The van der Waals surface area contributed by atoms with E-state index in [1.165, 1.54) is 77.0 Å². The predicted octanol–water partition coefficient (Wildman–Crippen LogP) is 5.33. The Balaban J connectivity index is 1.78. The number of piperidine rings is 1. The predicted molar refractivity (Wildman–Crippen MR) is 97.7 cm³/mol. The summed E-state index contributed by atoms with van der Waals surface area (Å²) in [5.41, 5.74) is 0. The van der Waals surface area contributed by atoms with Crippen molar-refractivity contribution in [3.05, 3.63) is 0 Å². The molecule has 0 spiro atoms. The van der Waals surface area contributed by atoms with Gasteiger partial charge in [0, 0.05) is 6.54 Å². The molecule has 0 aliphatic carbocycles. The standard InChI is InChI=1S/C20H39NO2/c1-2-3-4-5-6-7-8-9-10-14-19-23-20(22)15-18-21-16-12-11-13-17-21/h2-19H2,1H3. The lowest BCUT2D eigenvalue weighted by Gasteiger charge is -2.25. The Kier molecular flexibility index (Phi) is 13.3. The van der Waals surface area contributed by atoms with Gasteiger partial charge in [-0.15, -0.1) is 0 Å². The Labute approximate surface area is 144 Å². The highest BCUT2D eigenvalue weighted by molar-refractivity contribution is 5.69. The zero-order valence-electron chi connectivity index (χ0n) is 15.5. The second-order valence-corrected chi connectivity index (χ2v) is 7.05. The fraction of sp³-hybridized carbons (Fsp3) is 0.950. The molecule has 0 aromatic heterocycles. The van der Waals surface area contributed by atoms with Crippen LogP contribution >= 0.6 is 0 Å². The van der Waals surface area contributed by atoms with Gasteiger partial charge in [0.1, 0.15) is 0 Å². The van der Waals surface area contributed by atoms with Crippen molar-refractivity contribution >= 4 is 5.97 Å². The zero-order chi connectivity index (χ0) is 16.6. The Morgan fingerprint density at radius 3 is 2.00 bits per heavy atom. The van der Waals surface area contributed by atoms with E-state index in [0.29, 0.717) is 13.0 Å². The van der Waals surface area contributed by atoms with Crippen molar-refractivity contribution in [2.24, 2.45) is 0 Å². The lowest BCUT2D eigenvalue weighted by Crippen LogP contribution is -2.31. The van der Waals surface area contributed by atoms with Crippen LogP contribution in [0.4, 0.5) is 0 Å². The molecule has 136 valence electrons. The van der Waals surface area contributed by atoms with Gasteiger partial charge in [0.2, 0.25) is 0 Å². The van der Waals surface area contributed by atoms with Gasteiger partial charge in [-0.2, -0.15) is 0 Å². The summed E-state index contributed by atoms with van der Waals surface area (Å²) in [5, 5.41) is 0. The van der Waals surface area contributed by atoms with Gasteiger partial charge in [0.05, 0.1) is 13.0 Å². The van der Waals surface area contributed by atoms with Gasteiger partial charge >= 0.3 is 5.97 Å². The van der Waals surface area contributed by atoms with Gasteiger partial charge in [-0.1, -0.05) is 71.1 Å². The summed E-state index contributed by atoms with van der Waals surface area (Å²) in [6.45, 7) is 6.09. The Morgan fingerprint density at radius 2 is 1.39 bits per heavy atom. The van der Waals surface area contributed by atoms with E-state index in [1.54, 1.807) is 0 Å². The normalized spacial score (nSPS) is 15.7. The van der Waals surface area contributed by atoms with Gasteiger partial charge < -0.3 is 9.64 Å². The van der Waals surface area contributed by atoms with Crippen LogP contribution in [0.5, 0.6) is 0 Å². The minimum Gasteiger partial charge on any atom is -0.466 e. The third kappa shape index (κ3) is 12.5. The number of rotatable bonds is 14. The number of carbonyl (C=O) groups is 1. The highest BCUT2D eigenvalue weighted by atomic mass is 16.5. The SMILES string of the molecule is CCCCCCCCCCCCOC(=O)CCN1CCCCC1. The van der Waals surface area contributed by atoms with E-state index in [1.807, 2.05) is 0 Å². The summed E-state index contributed by atoms with van der Waals surface area (Å²) in [4.78, 5) is 14.1. The molecule has 1 aliphatic rings. The maximum absolute atomic E-state index is 11.7. The van der Waals surface area contributed by atoms with Gasteiger partial charge in [-0.05, 0) is 32.4 Å². The van der Waals surface area contributed by atoms with Crippen LogP contribution in [0.1, 0.15) is 96.8 Å². The van der Waals surface area contributed by atoms with Gasteiger partial charge in [0.15, 0.2) is 0 Å².